The van der Waals surface area contributed by atoms with Crippen molar-refractivity contribution in [3.63, 3.8) is 0 Å². The quantitative estimate of drug-likeness (QED) is 0.471. The summed E-state index contributed by atoms with van der Waals surface area (Å²) in [6, 6.07) is 22.8. The topological polar surface area (TPSA) is 55.8 Å². The van der Waals surface area contributed by atoms with Gasteiger partial charge in [-0.15, -0.1) is 11.8 Å². The van der Waals surface area contributed by atoms with E-state index in [1.165, 1.54) is 21.6 Å². The molecule has 0 amide bonds. The fourth-order valence-corrected chi connectivity index (χ4v) is 5.74. The van der Waals surface area contributed by atoms with Gasteiger partial charge in [0.05, 0.1) is 14.2 Å². The van der Waals surface area contributed by atoms with E-state index < -0.39 is 5.97 Å². The maximum Gasteiger partial charge on any atom is 0.328 e. The van der Waals surface area contributed by atoms with E-state index in [4.69, 9.17) is 14.6 Å². The number of fused-ring (bicyclic) bond motifs is 1. The highest BCUT2D eigenvalue weighted by Crippen LogP contribution is 2.53. The number of thioether (sulfide) groups is 1. The van der Waals surface area contributed by atoms with Gasteiger partial charge in [-0.2, -0.15) is 0 Å². The molecule has 0 aromatic heterocycles. The van der Waals surface area contributed by atoms with Crippen molar-refractivity contribution in [2.45, 2.75) is 23.2 Å². The van der Waals surface area contributed by atoms with E-state index in [0.717, 1.165) is 28.9 Å². The second-order valence-electron chi connectivity index (χ2n) is 8.11. The molecule has 5 heteroatoms. The molecule has 3 aromatic carbocycles. The standard InChI is InChI=1S/C27H26O4S/c1-27(20-9-11-21(30-2)12-10-20)17-32-24-16-22(31-3)13-14-23(24)26(27)19-7-4-18(5-8-19)6-15-25(28)29/h4-16,26H,17H2,1-3H3,(H,28,29)/b15-6+/t26-,27-/m1/s1. The maximum atomic E-state index is 10.9. The predicted octanol–water partition coefficient (Wildman–Crippen LogP) is 6.00. The molecule has 1 aliphatic heterocycles. The Morgan fingerprint density at radius 2 is 1.66 bits per heavy atom. The molecule has 1 heterocycles. The summed E-state index contributed by atoms with van der Waals surface area (Å²) in [5.74, 6) is 1.81. The van der Waals surface area contributed by atoms with E-state index in [1.54, 1.807) is 20.3 Å². The molecular weight excluding hydrogens is 420 g/mol. The lowest BCUT2D eigenvalue weighted by Gasteiger charge is -2.43. The van der Waals surface area contributed by atoms with Gasteiger partial charge in [-0.25, -0.2) is 4.79 Å². The van der Waals surface area contributed by atoms with Crippen LogP contribution in [0.1, 0.15) is 35.1 Å². The summed E-state index contributed by atoms with van der Waals surface area (Å²) in [5.41, 5.74) is 4.45. The van der Waals surface area contributed by atoms with Crippen LogP contribution in [0.15, 0.2) is 77.7 Å². The van der Waals surface area contributed by atoms with Crippen LogP contribution >= 0.6 is 11.8 Å². The smallest absolute Gasteiger partial charge is 0.328 e. The first kappa shape index (κ1) is 22.0. The molecule has 0 fully saturated rings. The molecule has 32 heavy (non-hydrogen) atoms. The molecule has 0 aliphatic carbocycles. The Balaban J connectivity index is 1.81. The monoisotopic (exact) mass is 446 g/mol. The average Bonchev–Trinajstić information content (AvgIpc) is 2.83. The number of rotatable bonds is 6. The van der Waals surface area contributed by atoms with E-state index in [2.05, 4.69) is 43.3 Å². The molecule has 0 radical (unpaired) electrons. The van der Waals surface area contributed by atoms with Crippen molar-refractivity contribution >= 4 is 23.8 Å². The number of carbonyl (C=O) groups is 1. The summed E-state index contributed by atoms with van der Waals surface area (Å²) in [4.78, 5) is 12.1. The zero-order chi connectivity index (χ0) is 22.7. The Labute approximate surface area is 192 Å². The predicted molar refractivity (Wildman–Crippen MR) is 129 cm³/mol. The van der Waals surface area contributed by atoms with Crippen molar-refractivity contribution in [2.24, 2.45) is 0 Å². The highest BCUT2D eigenvalue weighted by molar-refractivity contribution is 7.99. The maximum absolute atomic E-state index is 10.9. The normalized spacial score (nSPS) is 20.0. The van der Waals surface area contributed by atoms with Crippen molar-refractivity contribution in [3.8, 4) is 11.5 Å². The number of aliphatic carboxylic acids is 1. The third-order valence-corrected chi connectivity index (χ3v) is 7.54. The number of hydrogen-bond donors (Lipinski definition) is 1. The van der Waals surface area contributed by atoms with Crippen LogP contribution in [0, 0.1) is 0 Å². The highest BCUT2D eigenvalue weighted by atomic mass is 32.2. The summed E-state index contributed by atoms with van der Waals surface area (Å²) in [5, 5.41) is 8.91. The van der Waals surface area contributed by atoms with Crippen molar-refractivity contribution in [3.05, 3.63) is 95.1 Å². The fourth-order valence-electron chi connectivity index (χ4n) is 4.40. The number of benzene rings is 3. The largest absolute Gasteiger partial charge is 0.497 e. The van der Waals surface area contributed by atoms with Crippen molar-refractivity contribution in [1.82, 2.24) is 0 Å². The first-order chi connectivity index (χ1) is 15.4. The number of methoxy groups -OCH3 is 2. The van der Waals surface area contributed by atoms with Crippen LogP contribution in [0.5, 0.6) is 11.5 Å². The lowest BCUT2D eigenvalue weighted by Crippen LogP contribution is -2.36. The first-order valence-electron chi connectivity index (χ1n) is 10.4. The first-order valence-corrected chi connectivity index (χ1v) is 11.4. The number of carboxylic acid groups (broad SMARTS) is 1. The molecule has 1 aliphatic rings. The second kappa shape index (κ2) is 9.13. The SMILES string of the molecule is COc1ccc([C@@]2(C)CSc3cc(OC)ccc3[C@H]2c2ccc(/C=C/C(=O)O)cc2)cc1. The van der Waals surface area contributed by atoms with Gasteiger partial charge < -0.3 is 14.6 Å². The van der Waals surface area contributed by atoms with Gasteiger partial charge in [-0.1, -0.05) is 49.4 Å². The van der Waals surface area contributed by atoms with Crippen LogP contribution in [0.2, 0.25) is 0 Å². The Hall–Kier alpha value is -3.18. The lowest BCUT2D eigenvalue weighted by atomic mass is 9.67. The van der Waals surface area contributed by atoms with Gasteiger partial charge in [0, 0.05) is 28.1 Å². The van der Waals surface area contributed by atoms with Gasteiger partial charge in [0.25, 0.3) is 0 Å². The highest BCUT2D eigenvalue weighted by Gasteiger charge is 2.42. The second-order valence-corrected chi connectivity index (χ2v) is 9.13. The van der Waals surface area contributed by atoms with Crippen molar-refractivity contribution in [1.29, 1.82) is 0 Å². The minimum absolute atomic E-state index is 0.135. The molecule has 2 atom stereocenters. The van der Waals surface area contributed by atoms with Gasteiger partial charge in [-0.3, -0.25) is 0 Å². The third kappa shape index (κ3) is 4.26. The van der Waals surface area contributed by atoms with Gasteiger partial charge in [0.1, 0.15) is 11.5 Å². The van der Waals surface area contributed by atoms with Gasteiger partial charge >= 0.3 is 5.97 Å². The third-order valence-electron chi connectivity index (χ3n) is 6.13. The number of hydrogen-bond acceptors (Lipinski definition) is 4. The molecule has 4 rings (SSSR count). The Morgan fingerprint density at radius 1 is 1.00 bits per heavy atom. The van der Waals surface area contributed by atoms with Crippen LogP contribution < -0.4 is 9.47 Å². The van der Waals surface area contributed by atoms with Gasteiger partial charge in [0.2, 0.25) is 0 Å². The molecule has 164 valence electrons. The van der Waals surface area contributed by atoms with Crippen molar-refractivity contribution in [2.75, 3.05) is 20.0 Å². The van der Waals surface area contributed by atoms with E-state index in [9.17, 15) is 4.79 Å². The van der Waals surface area contributed by atoms with Gasteiger partial charge in [-0.05, 0) is 52.6 Å². The summed E-state index contributed by atoms with van der Waals surface area (Å²) in [6.07, 6.45) is 2.78. The van der Waals surface area contributed by atoms with Crippen molar-refractivity contribution < 1.29 is 19.4 Å². The van der Waals surface area contributed by atoms with Crippen LogP contribution in [0.25, 0.3) is 6.08 Å². The lowest BCUT2D eigenvalue weighted by molar-refractivity contribution is -0.131. The Morgan fingerprint density at radius 3 is 2.28 bits per heavy atom. The Kier molecular flexibility index (Phi) is 6.28. The van der Waals surface area contributed by atoms with Crippen LogP contribution in [0.4, 0.5) is 0 Å². The number of carboxylic acids is 1. The molecule has 1 N–H and O–H groups in total. The summed E-state index contributed by atoms with van der Waals surface area (Å²) < 4.78 is 10.8. The summed E-state index contributed by atoms with van der Waals surface area (Å²) in [7, 11) is 3.37. The van der Waals surface area contributed by atoms with E-state index in [0.29, 0.717) is 0 Å². The summed E-state index contributed by atoms with van der Waals surface area (Å²) in [6.45, 7) is 2.32. The zero-order valence-corrected chi connectivity index (χ0v) is 19.2. The van der Waals surface area contributed by atoms with Gasteiger partial charge in [0.15, 0.2) is 0 Å². The average molecular weight is 447 g/mol. The summed E-state index contributed by atoms with van der Waals surface area (Å²) >= 11 is 1.86. The molecule has 0 bridgehead atoms. The molecule has 0 saturated heterocycles. The zero-order valence-electron chi connectivity index (χ0n) is 18.4. The molecule has 4 nitrogen and oxygen atoms in total. The minimum atomic E-state index is -0.951. The fraction of sp³-hybridized carbons (Fsp3) is 0.222. The molecule has 0 unspecified atom stereocenters. The Bertz CT molecular complexity index is 1140. The van der Waals surface area contributed by atoms with E-state index in [1.807, 2.05) is 42.1 Å². The van der Waals surface area contributed by atoms with Crippen LogP contribution in [-0.2, 0) is 10.2 Å². The number of ether oxygens (including phenoxy) is 2. The molecule has 0 spiro atoms. The van der Waals surface area contributed by atoms with Crippen LogP contribution in [-0.4, -0.2) is 31.0 Å². The van der Waals surface area contributed by atoms with Crippen LogP contribution in [0.3, 0.4) is 0 Å². The van der Waals surface area contributed by atoms with E-state index >= 15 is 0 Å². The minimum Gasteiger partial charge on any atom is -0.497 e. The molecule has 0 saturated carbocycles. The van der Waals surface area contributed by atoms with E-state index in [-0.39, 0.29) is 11.3 Å². The molecule has 3 aromatic rings. The molecular formula is C27H26O4S.